The van der Waals surface area contributed by atoms with Crippen molar-refractivity contribution < 1.29 is 28.6 Å². The highest BCUT2D eigenvalue weighted by Gasteiger charge is 2.19. The number of unbranched alkanes of at least 4 members (excludes halogenated alkanes) is 43. The Morgan fingerprint density at radius 3 is 0.734 bits per heavy atom. The summed E-state index contributed by atoms with van der Waals surface area (Å²) in [6.45, 7) is 6.64. The maximum absolute atomic E-state index is 12.9. The summed E-state index contributed by atoms with van der Waals surface area (Å²) in [5, 5.41) is 0. The van der Waals surface area contributed by atoms with E-state index in [2.05, 4.69) is 81.5 Å². The number of hydrogen-bond acceptors (Lipinski definition) is 6. The van der Waals surface area contributed by atoms with E-state index in [4.69, 9.17) is 14.2 Å². The molecule has 0 bridgehead atoms. The average Bonchev–Trinajstić information content (AvgIpc) is 3.45. The molecule has 0 saturated heterocycles. The van der Waals surface area contributed by atoms with Crippen molar-refractivity contribution in [2.24, 2.45) is 0 Å². The second kappa shape index (κ2) is 67.6. The van der Waals surface area contributed by atoms with E-state index in [1.165, 1.54) is 244 Å². The van der Waals surface area contributed by atoms with E-state index in [0.29, 0.717) is 19.3 Å². The Balaban J connectivity index is 4.13. The van der Waals surface area contributed by atoms with Gasteiger partial charge in [-0.1, -0.05) is 300 Å². The zero-order valence-electron chi connectivity index (χ0n) is 52.9. The van der Waals surface area contributed by atoms with Crippen molar-refractivity contribution in [3.63, 3.8) is 0 Å². The van der Waals surface area contributed by atoms with E-state index in [9.17, 15) is 14.4 Å². The molecule has 0 rings (SSSR count). The number of rotatable bonds is 64. The van der Waals surface area contributed by atoms with Crippen molar-refractivity contribution >= 4 is 17.9 Å². The Kier molecular flexibility index (Phi) is 65.1. The maximum atomic E-state index is 12.9. The van der Waals surface area contributed by atoms with Gasteiger partial charge in [-0.25, -0.2) is 0 Å². The maximum Gasteiger partial charge on any atom is 0.306 e. The molecule has 0 N–H and O–H groups in total. The number of allylic oxidation sites excluding steroid dienone is 10. The van der Waals surface area contributed by atoms with Crippen LogP contribution in [0, 0.1) is 0 Å². The first-order chi connectivity index (χ1) is 39.0. The van der Waals surface area contributed by atoms with Gasteiger partial charge in [0.15, 0.2) is 6.10 Å². The molecule has 0 heterocycles. The van der Waals surface area contributed by atoms with Crippen molar-refractivity contribution in [2.75, 3.05) is 13.2 Å². The first kappa shape index (κ1) is 76.1. The fourth-order valence-electron chi connectivity index (χ4n) is 10.2. The minimum absolute atomic E-state index is 0.0764. The lowest BCUT2D eigenvalue weighted by Crippen LogP contribution is -2.30. The van der Waals surface area contributed by atoms with Crippen LogP contribution in [0.1, 0.15) is 367 Å². The molecule has 1 atom stereocenters. The summed E-state index contributed by atoms with van der Waals surface area (Å²) in [6.07, 6.45) is 86.8. The van der Waals surface area contributed by atoms with Crippen molar-refractivity contribution in [1.29, 1.82) is 0 Å². The normalized spacial score (nSPS) is 12.4. The van der Waals surface area contributed by atoms with E-state index in [1.54, 1.807) is 0 Å². The van der Waals surface area contributed by atoms with E-state index in [0.717, 1.165) is 83.5 Å². The fraction of sp³-hybridized carbons (Fsp3) is 0.822. The van der Waals surface area contributed by atoms with Crippen LogP contribution in [0.3, 0.4) is 0 Å². The molecule has 0 aliphatic carbocycles. The summed E-state index contributed by atoms with van der Waals surface area (Å²) in [4.78, 5) is 38.3. The van der Waals surface area contributed by atoms with Crippen molar-refractivity contribution in [1.82, 2.24) is 0 Å². The summed E-state index contributed by atoms with van der Waals surface area (Å²) in [5.74, 6) is -0.875. The summed E-state index contributed by atoms with van der Waals surface area (Å²) < 4.78 is 16.9. The van der Waals surface area contributed by atoms with Crippen LogP contribution >= 0.6 is 0 Å². The molecular weight excluding hydrogens is 973 g/mol. The predicted octanol–water partition coefficient (Wildman–Crippen LogP) is 23.9. The van der Waals surface area contributed by atoms with Gasteiger partial charge in [-0.05, 0) is 109 Å². The average molecular weight is 1110 g/mol. The van der Waals surface area contributed by atoms with Gasteiger partial charge in [0.05, 0.1) is 0 Å². The third kappa shape index (κ3) is 65.8. The molecule has 0 aromatic heterocycles. The quantitative estimate of drug-likeness (QED) is 0.0261. The topological polar surface area (TPSA) is 78.9 Å². The molecular formula is C73H132O6. The smallest absolute Gasteiger partial charge is 0.306 e. The summed E-state index contributed by atoms with van der Waals surface area (Å²) >= 11 is 0. The van der Waals surface area contributed by atoms with Crippen LogP contribution in [-0.2, 0) is 28.6 Å². The highest BCUT2D eigenvalue weighted by molar-refractivity contribution is 5.71. The van der Waals surface area contributed by atoms with Crippen LogP contribution in [-0.4, -0.2) is 37.2 Å². The van der Waals surface area contributed by atoms with E-state index in [1.807, 2.05) is 0 Å². The Bertz CT molecular complexity index is 1410. The van der Waals surface area contributed by atoms with Crippen LogP contribution in [0.2, 0.25) is 0 Å². The monoisotopic (exact) mass is 1110 g/mol. The van der Waals surface area contributed by atoms with Gasteiger partial charge in [0.2, 0.25) is 0 Å². The minimum Gasteiger partial charge on any atom is -0.462 e. The molecule has 0 aromatic carbocycles. The molecule has 0 spiro atoms. The van der Waals surface area contributed by atoms with Crippen LogP contribution in [0.25, 0.3) is 0 Å². The van der Waals surface area contributed by atoms with Gasteiger partial charge >= 0.3 is 17.9 Å². The van der Waals surface area contributed by atoms with E-state index >= 15 is 0 Å². The standard InChI is InChI=1S/C73H132O6/c1-4-7-10-13-16-19-22-25-27-28-29-30-31-32-33-34-35-36-37-38-39-40-41-42-43-44-46-48-51-54-57-60-63-66-72(75)78-69-70(68-77-71(74)65-62-59-56-53-50-47-24-21-18-15-12-9-6-3)79-73(76)67-64-61-58-55-52-49-45-26-23-20-17-14-11-8-5-2/h21-22,24-26,28-29,31-32,45,70H,4-20,23,27,30,33-44,46-69H2,1-3H3/b24-21-,25-22-,29-28-,32-31-,45-26-. The van der Waals surface area contributed by atoms with Gasteiger partial charge in [0, 0.05) is 19.3 Å². The zero-order valence-corrected chi connectivity index (χ0v) is 52.9. The number of hydrogen-bond donors (Lipinski definition) is 0. The van der Waals surface area contributed by atoms with Crippen LogP contribution in [0.4, 0.5) is 0 Å². The first-order valence-corrected chi connectivity index (χ1v) is 34.8. The number of carbonyl (C=O) groups is 3. The molecule has 79 heavy (non-hydrogen) atoms. The van der Waals surface area contributed by atoms with Crippen LogP contribution in [0.5, 0.6) is 0 Å². The molecule has 0 aromatic rings. The molecule has 0 fully saturated rings. The minimum atomic E-state index is -0.780. The molecule has 0 aliphatic rings. The van der Waals surface area contributed by atoms with Gasteiger partial charge in [0.25, 0.3) is 0 Å². The third-order valence-electron chi connectivity index (χ3n) is 15.5. The fourth-order valence-corrected chi connectivity index (χ4v) is 10.2. The molecule has 6 nitrogen and oxygen atoms in total. The Morgan fingerprint density at radius 1 is 0.253 bits per heavy atom. The van der Waals surface area contributed by atoms with Gasteiger partial charge in [-0.3, -0.25) is 14.4 Å². The summed E-state index contributed by atoms with van der Waals surface area (Å²) in [5.41, 5.74) is 0. The van der Waals surface area contributed by atoms with E-state index < -0.39 is 6.10 Å². The van der Waals surface area contributed by atoms with Crippen molar-refractivity contribution in [2.45, 2.75) is 374 Å². The lowest BCUT2D eigenvalue weighted by atomic mass is 10.0. The number of ether oxygens (including phenoxy) is 3. The predicted molar refractivity (Wildman–Crippen MR) is 344 cm³/mol. The molecule has 0 amide bonds. The molecule has 6 heteroatoms. The molecule has 0 aliphatic heterocycles. The van der Waals surface area contributed by atoms with Gasteiger partial charge in [-0.15, -0.1) is 0 Å². The lowest BCUT2D eigenvalue weighted by molar-refractivity contribution is -0.167. The SMILES string of the molecule is CCCCCC/C=C\CCCCCCCC(=O)OCC(COC(=O)CCCCCCCCCCCCCCCCCCCC/C=C\C/C=C\C/C=C\CCCCCCC)OC(=O)CCCCCCC/C=C\CCCCCCCC. The Morgan fingerprint density at radius 2 is 0.456 bits per heavy atom. The molecule has 0 saturated carbocycles. The summed E-state index contributed by atoms with van der Waals surface area (Å²) in [7, 11) is 0. The van der Waals surface area contributed by atoms with Gasteiger partial charge in [0.1, 0.15) is 13.2 Å². The largest absolute Gasteiger partial charge is 0.462 e. The molecule has 1 unspecified atom stereocenters. The molecule has 460 valence electrons. The first-order valence-electron chi connectivity index (χ1n) is 34.8. The molecule has 0 radical (unpaired) electrons. The zero-order chi connectivity index (χ0) is 57.1. The highest BCUT2D eigenvalue weighted by Crippen LogP contribution is 2.17. The second-order valence-electron chi connectivity index (χ2n) is 23.4. The van der Waals surface area contributed by atoms with Gasteiger partial charge < -0.3 is 14.2 Å². The summed E-state index contributed by atoms with van der Waals surface area (Å²) in [6, 6.07) is 0. The number of carbonyl (C=O) groups excluding carboxylic acids is 3. The third-order valence-corrected chi connectivity index (χ3v) is 15.5. The second-order valence-corrected chi connectivity index (χ2v) is 23.4. The van der Waals surface area contributed by atoms with Crippen LogP contribution in [0.15, 0.2) is 60.8 Å². The lowest BCUT2D eigenvalue weighted by Gasteiger charge is -2.18. The number of esters is 3. The van der Waals surface area contributed by atoms with Gasteiger partial charge in [-0.2, -0.15) is 0 Å². The Labute approximate surface area is 491 Å². The van der Waals surface area contributed by atoms with Crippen LogP contribution < -0.4 is 0 Å². The Hall–Kier alpha value is -2.89. The van der Waals surface area contributed by atoms with Crippen molar-refractivity contribution in [3.05, 3.63) is 60.8 Å². The van der Waals surface area contributed by atoms with Crippen molar-refractivity contribution in [3.8, 4) is 0 Å². The highest BCUT2D eigenvalue weighted by atomic mass is 16.6. The van der Waals surface area contributed by atoms with E-state index in [-0.39, 0.29) is 31.1 Å².